The van der Waals surface area contributed by atoms with Gasteiger partial charge < -0.3 is 5.32 Å². The summed E-state index contributed by atoms with van der Waals surface area (Å²) in [4.78, 5) is 0. The minimum Gasteiger partial charge on any atom is -0.315 e. The van der Waals surface area contributed by atoms with Gasteiger partial charge in [-0.25, -0.2) is 0 Å². The second-order valence-corrected chi connectivity index (χ2v) is 5.33. The zero-order valence-electron chi connectivity index (χ0n) is 7.07. The van der Waals surface area contributed by atoms with Crippen molar-refractivity contribution in [1.29, 1.82) is 0 Å². The fourth-order valence-corrected chi connectivity index (χ4v) is 3.69. The molecule has 0 bridgehead atoms. The summed E-state index contributed by atoms with van der Waals surface area (Å²) in [7, 11) is 0. The quantitative estimate of drug-likeness (QED) is 0.598. The van der Waals surface area contributed by atoms with E-state index in [-0.39, 0.29) is 0 Å². The van der Waals surface area contributed by atoms with E-state index in [1.807, 2.05) is 0 Å². The van der Waals surface area contributed by atoms with Crippen LogP contribution in [0.3, 0.4) is 0 Å². The largest absolute Gasteiger partial charge is 0.315 e. The van der Waals surface area contributed by atoms with E-state index < -0.39 is 0 Å². The van der Waals surface area contributed by atoms with Crippen LogP contribution < -0.4 is 5.32 Å². The van der Waals surface area contributed by atoms with Gasteiger partial charge in [0.2, 0.25) is 0 Å². The molecule has 1 saturated carbocycles. The third-order valence-corrected chi connectivity index (χ3v) is 4.47. The van der Waals surface area contributed by atoms with Crippen molar-refractivity contribution in [3.8, 4) is 0 Å². The van der Waals surface area contributed by atoms with Crippen molar-refractivity contribution in [3.05, 3.63) is 0 Å². The fourth-order valence-electron chi connectivity index (χ4n) is 2.22. The van der Waals surface area contributed by atoms with Crippen LogP contribution in [0.4, 0.5) is 0 Å². The van der Waals surface area contributed by atoms with Gasteiger partial charge in [0.1, 0.15) is 0 Å². The molecule has 0 aromatic carbocycles. The van der Waals surface area contributed by atoms with Crippen molar-refractivity contribution in [3.63, 3.8) is 0 Å². The SMILES string of the molecule is C1CCC2(CC1)CNCCS2. The van der Waals surface area contributed by atoms with Gasteiger partial charge in [-0.05, 0) is 12.8 Å². The summed E-state index contributed by atoms with van der Waals surface area (Å²) in [5, 5.41) is 3.52. The van der Waals surface area contributed by atoms with E-state index in [0.29, 0.717) is 4.75 Å². The molecule has 0 atom stereocenters. The molecule has 2 heteroatoms. The molecule has 1 nitrogen and oxygen atoms in total. The third-order valence-electron chi connectivity index (χ3n) is 2.90. The molecular formula is C9H17NS. The molecule has 1 saturated heterocycles. The van der Waals surface area contributed by atoms with Gasteiger partial charge in [0.25, 0.3) is 0 Å². The number of nitrogens with one attached hydrogen (secondary N) is 1. The van der Waals surface area contributed by atoms with Gasteiger partial charge in [0.15, 0.2) is 0 Å². The van der Waals surface area contributed by atoms with Crippen LogP contribution in [-0.4, -0.2) is 23.6 Å². The maximum Gasteiger partial charge on any atom is 0.0285 e. The van der Waals surface area contributed by atoms with Crippen LogP contribution in [0.5, 0.6) is 0 Å². The Morgan fingerprint density at radius 1 is 1.09 bits per heavy atom. The van der Waals surface area contributed by atoms with Gasteiger partial charge in [-0.15, -0.1) is 0 Å². The number of rotatable bonds is 0. The van der Waals surface area contributed by atoms with Crippen molar-refractivity contribution in [2.45, 2.75) is 36.9 Å². The molecule has 1 N–H and O–H groups in total. The summed E-state index contributed by atoms with van der Waals surface area (Å²) in [5.74, 6) is 1.33. The molecular weight excluding hydrogens is 154 g/mol. The van der Waals surface area contributed by atoms with Crippen LogP contribution >= 0.6 is 11.8 Å². The van der Waals surface area contributed by atoms with E-state index in [2.05, 4.69) is 17.1 Å². The first-order valence-electron chi connectivity index (χ1n) is 4.76. The second kappa shape index (κ2) is 3.36. The predicted octanol–water partition coefficient (Wildman–Crippen LogP) is 2.03. The molecule has 1 aliphatic carbocycles. The first-order chi connectivity index (χ1) is 5.41. The maximum atomic E-state index is 3.52. The molecule has 64 valence electrons. The summed E-state index contributed by atoms with van der Waals surface area (Å²) in [6.07, 6.45) is 7.33. The monoisotopic (exact) mass is 171 g/mol. The zero-order valence-corrected chi connectivity index (χ0v) is 7.88. The molecule has 0 aromatic rings. The summed E-state index contributed by atoms with van der Waals surface area (Å²) in [6.45, 7) is 2.50. The Bertz CT molecular complexity index is 104. The van der Waals surface area contributed by atoms with Crippen LogP contribution in [0.1, 0.15) is 32.1 Å². The zero-order chi connectivity index (χ0) is 7.57. The molecule has 11 heavy (non-hydrogen) atoms. The van der Waals surface area contributed by atoms with Crippen molar-refractivity contribution in [2.75, 3.05) is 18.8 Å². The smallest absolute Gasteiger partial charge is 0.0285 e. The highest BCUT2D eigenvalue weighted by atomic mass is 32.2. The Morgan fingerprint density at radius 2 is 1.91 bits per heavy atom. The van der Waals surface area contributed by atoms with Gasteiger partial charge >= 0.3 is 0 Å². The molecule has 2 rings (SSSR count). The van der Waals surface area contributed by atoms with E-state index in [1.54, 1.807) is 0 Å². The molecule has 1 heterocycles. The Morgan fingerprint density at radius 3 is 2.55 bits per heavy atom. The average molecular weight is 171 g/mol. The second-order valence-electron chi connectivity index (χ2n) is 3.77. The molecule has 1 spiro atoms. The molecule has 0 aromatic heterocycles. The molecule has 0 amide bonds. The minimum absolute atomic E-state index is 0.663. The molecule has 2 fully saturated rings. The third kappa shape index (κ3) is 1.73. The molecule has 1 aliphatic heterocycles. The standard InChI is InChI=1S/C9H17NS/c1-2-4-9(5-3-1)8-10-6-7-11-9/h10H,1-8H2. The van der Waals surface area contributed by atoms with E-state index in [0.717, 1.165) is 0 Å². The Balaban J connectivity index is 1.94. The van der Waals surface area contributed by atoms with E-state index in [9.17, 15) is 0 Å². The normalized spacial score (nSPS) is 30.5. The first kappa shape index (κ1) is 7.93. The highest BCUT2D eigenvalue weighted by Gasteiger charge is 2.33. The van der Waals surface area contributed by atoms with Crippen LogP contribution in [-0.2, 0) is 0 Å². The van der Waals surface area contributed by atoms with Crippen molar-refractivity contribution < 1.29 is 0 Å². The van der Waals surface area contributed by atoms with Crippen LogP contribution in [0.2, 0.25) is 0 Å². The van der Waals surface area contributed by atoms with E-state index >= 15 is 0 Å². The van der Waals surface area contributed by atoms with Crippen LogP contribution in [0.25, 0.3) is 0 Å². The summed E-state index contributed by atoms with van der Waals surface area (Å²) >= 11 is 2.22. The lowest BCUT2D eigenvalue weighted by atomic mass is 9.88. The fraction of sp³-hybridized carbons (Fsp3) is 1.00. The van der Waals surface area contributed by atoms with Crippen molar-refractivity contribution >= 4 is 11.8 Å². The maximum absolute atomic E-state index is 3.52. The highest BCUT2D eigenvalue weighted by molar-refractivity contribution is 8.00. The predicted molar refractivity (Wildman–Crippen MR) is 51.1 cm³/mol. The molecule has 0 radical (unpaired) electrons. The van der Waals surface area contributed by atoms with Gasteiger partial charge in [-0.1, -0.05) is 19.3 Å². The Kier molecular flexibility index (Phi) is 2.42. The van der Waals surface area contributed by atoms with Gasteiger partial charge in [-0.2, -0.15) is 11.8 Å². The summed E-state index contributed by atoms with van der Waals surface area (Å²) in [5.41, 5.74) is 0. The topological polar surface area (TPSA) is 12.0 Å². The molecule has 2 aliphatic rings. The lowest BCUT2D eigenvalue weighted by molar-refractivity contribution is 0.375. The van der Waals surface area contributed by atoms with Crippen molar-refractivity contribution in [2.24, 2.45) is 0 Å². The lowest BCUT2D eigenvalue weighted by Gasteiger charge is -2.40. The first-order valence-corrected chi connectivity index (χ1v) is 5.75. The molecule has 0 unspecified atom stereocenters. The van der Waals surface area contributed by atoms with Crippen LogP contribution in [0, 0.1) is 0 Å². The van der Waals surface area contributed by atoms with Gasteiger partial charge in [0, 0.05) is 23.6 Å². The minimum atomic E-state index is 0.663. The Labute approximate surface area is 73.3 Å². The lowest BCUT2D eigenvalue weighted by Crippen LogP contribution is -2.44. The van der Waals surface area contributed by atoms with Crippen LogP contribution in [0.15, 0.2) is 0 Å². The van der Waals surface area contributed by atoms with Gasteiger partial charge in [-0.3, -0.25) is 0 Å². The average Bonchev–Trinajstić information content (AvgIpc) is 2.07. The summed E-state index contributed by atoms with van der Waals surface area (Å²) < 4.78 is 0.663. The highest BCUT2D eigenvalue weighted by Crippen LogP contribution is 2.40. The van der Waals surface area contributed by atoms with Gasteiger partial charge in [0.05, 0.1) is 0 Å². The number of thioether (sulfide) groups is 1. The Hall–Kier alpha value is 0.310. The van der Waals surface area contributed by atoms with E-state index in [1.165, 1.54) is 50.9 Å². The van der Waals surface area contributed by atoms with E-state index in [4.69, 9.17) is 0 Å². The number of hydrogen-bond acceptors (Lipinski definition) is 2. The van der Waals surface area contributed by atoms with Crippen molar-refractivity contribution in [1.82, 2.24) is 5.32 Å². The summed E-state index contributed by atoms with van der Waals surface area (Å²) in [6, 6.07) is 0. The number of hydrogen-bond donors (Lipinski definition) is 1.